The van der Waals surface area contributed by atoms with Gasteiger partial charge in [0.25, 0.3) is 11.7 Å². The van der Waals surface area contributed by atoms with E-state index in [0.29, 0.717) is 0 Å². The quantitative estimate of drug-likeness (QED) is 0.615. The van der Waals surface area contributed by atoms with E-state index in [4.69, 9.17) is 0 Å². The molecule has 0 fully saturated rings. The third-order valence-electron chi connectivity index (χ3n) is 2.73. The van der Waals surface area contributed by atoms with Crippen LogP contribution in [0.4, 0.5) is 0 Å². The van der Waals surface area contributed by atoms with E-state index in [9.17, 15) is 14.3 Å². The first-order chi connectivity index (χ1) is 9.46. The predicted octanol–water partition coefficient (Wildman–Crippen LogP) is 2.19. The van der Waals surface area contributed by atoms with Crippen LogP contribution in [0.2, 0.25) is 0 Å². The fourth-order valence-electron chi connectivity index (χ4n) is 1.51. The van der Waals surface area contributed by atoms with Crippen molar-refractivity contribution in [3.05, 3.63) is 40.3 Å². The second-order valence-corrected chi connectivity index (χ2v) is 6.39. The molecule has 20 heavy (non-hydrogen) atoms. The van der Waals surface area contributed by atoms with Crippen molar-refractivity contribution >= 4 is 13.5 Å². The summed E-state index contributed by atoms with van der Waals surface area (Å²) in [6.45, 7) is 2.14. The first-order valence-corrected chi connectivity index (χ1v) is 7.45. The Morgan fingerprint density at radius 2 is 1.85 bits per heavy atom. The number of nitroso groups, excluding NO2 is 1. The smallest absolute Gasteiger partial charge is 0.349 e. The van der Waals surface area contributed by atoms with Gasteiger partial charge in [0.1, 0.15) is 0 Å². The summed E-state index contributed by atoms with van der Waals surface area (Å²) in [5.74, 6) is -2.52. The summed E-state index contributed by atoms with van der Waals surface area (Å²) in [5, 5.41) is 5.03. The number of nitrogens with one attached hydrogen (secondary N) is 1. The Bertz CT molecular complexity index is 509. The molecule has 0 aliphatic heterocycles. The van der Waals surface area contributed by atoms with Crippen LogP contribution in [0, 0.1) is 11.8 Å². The molecule has 7 nitrogen and oxygen atoms in total. The molecule has 0 saturated carbocycles. The van der Waals surface area contributed by atoms with Crippen LogP contribution in [0.3, 0.4) is 0 Å². The molecular formula is C12H17N2O5P. The van der Waals surface area contributed by atoms with E-state index in [1.165, 1.54) is 0 Å². The molecular weight excluding hydrogens is 283 g/mol. The summed E-state index contributed by atoms with van der Waals surface area (Å²) in [5.41, 5.74) is 1.94. The van der Waals surface area contributed by atoms with Crippen molar-refractivity contribution in [2.24, 2.45) is 5.18 Å². The van der Waals surface area contributed by atoms with Crippen molar-refractivity contribution in [3.8, 4) is 0 Å². The number of carbonyl (C=O) groups excluding carboxylic acids is 1. The second kappa shape index (κ2) is 7.28. The molecule has 0 bridgehead atoms. The van der Waals surface area contributed by atoms with Gasteiger partial charge in [-0.2, -0.15) is 0 Å². The van der Waals surface area contributed by atoms with E-state index in [2.05, 4.69) is 19.5 Å². The zero-order valence-corrected chi connectivity index (χ0v) is 12.4. The Hall–Kier alpha value is -1.56. The monoisotopic (exact) mass is 300 g/mol. The minimum atomic E-state index is -3.87. The van der Waals surface area contributed by atoms with E-state index in [1.807, 2.05) is 31.2 Å². The number of carbonyl (C=O) groups is 1. The van der Waals surface area contributed by atoms with Crippen LogP contribution in [0.5, 0.6) is 0 Å². The highest BCUT2D eigenvalue weighted by Crippen LogP contribution is 2.52. The summed E-state index contributed by atoms with van der Waals surface area (Å²) in [7, 11) is -1.68. The molecule has 8 heteroatoms. The first-order valence-electron chi connectivity index (χ1n) is 5.83. The Morgan fingerprint density at radius 3 is 2.30 bits per heavy atom. The molecule has 1 N–H and O–H groups in total. The molecule has 0 aliphatic carbocycles. The Kier molecular flexibility index (Phi) is 6.01. The Labute approximate surface area is 117 Å². The molecule has 1 amide bonds. The third kappa shape index (κ3) is 3.96. The molecule has 1 atom stereocenters. The number of hydrogen-bond acceptors (Lipinski definition) is 6. The SMILES string of the molecule is COP(=O)(OC)C(N=O)C(=O)NCc1ccc(C)cc1. The molecule has 0 saturated heterocycles. The average Bonchev–Trinajstić information content (AvgIpc) is 2.47. The number of nitrogens with zero attached hydrogens (tertiary/aromatic N) is 1. The van der Waals surface area contributed by atoms with Crippen LogP contribution in [0.25, 0.3) is 0 Å². The van der Waals surface area contributed by atoms with Gasteiger partial charge in [-0.15, -0.1) is 4.91 Å². The van der Waals surface area contributed by atoms with E-state index in [0.717, 1.165) is 25.3 Å². The molecule has 1 rings (SSSR count). The van der Waals surface area contributed by atoms with Gasteiger partial charge in [-0.3, -0.25) is 9.36 Å². The standard InChI is InChI=1S/C12H17N2O5P/c1-9-4-6-10(7-5-9)8-13-11(15)12(14-16)20(17,18-2)19-3/h4-7,12H,8H2,1-3H3,(H,13,15). The van der Waals surface area contributed by atoms with Gasteiger partial charge in [0.2, 0.25) is 0 Å². The van der Waals surface area contributed by atoms with E-state index in [-0.39, 0.29) is 6.54 Å². The van der Waals surface area contributed by atoms with E-state index >= 15 is 0 Å². The van der Waals surface area contributed by atoms with Crippen LogP contribution < -0.4 is 5.32 Å². The topological polar surface area (TPSA) is 94.1 Å². The normalized spacial score (nSPS) is 12.8. The van der Waals surface area contributed by atoms with Crippen LogP contribution in [-0.2, 0) is 25.0 Å². The number of benzene rings is 1. The lowest BCUT2D eigenvalue weighted by molar-refractivity contribution is -0.121. The maximum absolute atomic E-state index is 12.0. The summed E-state index contributed by atoms with van der Waals surface area (Å²) in [6, 6.07) is 7.47. The first kappa shape index (κ1) is 16.5. The number of rotatable bonds is 7. The van der Waals surface area contributed by atoms with Gasteiger partial charge < -0.3 is 14.4 Å². The lowest BCUT2D eigenvalue weighted by atomic mass is 10.1. The Morgan fingerprint density at radius 1 is 1.30 bits per heavy atom. The van der Waals surface area contributed by atoms with E-state index < -0.39 is 19.3 Å². The number of hydrogen-bond donors (Lipinski definition) is 1. The van der Waals surface area contributed by atoms with Crippen molar-refractivity contribution < 1.29 is 18.4 Å². The highest BCUT2D eigenvalue weighted by atomic mass is 31.2. The predicted molar refractivity (Wildman–Crippen MR) is 74.2 cm³/mol. The van der Waals surface area contributed by atoms with Crippen molar-refractivity contribution in [1.82, 2.24) is 5.32 Å². The molecule has 0 aromatic heterocycles. The molecule has 0 aliphatic rings. The van der Waals surface area contributed by atoms with Crippen molar-refractivity contribution in [1.29, 1.82) is 0 Å². The largest absolute Gasteiger partial charge is 0.367 e. The molecule has 110 valence electrons. The minimum Gasteiger partial charge on any atom is -0.349 e. The zero-order valence-electron chi connectivity index (χ0n) is 11.5. The van der Waals surface area contributed by atoms with Gasteiger partial charge in [-0.25, -0.2) is 0 Å². The lowest BCUT2D eigenvalue weighted by Gasteiger charge is -2.18. The average molecular weight is 300 g/mol. The van der Waals surface area contributed by atoms with Gasteiger partial charge >= 0.3 is 7.60 Å². The fourth-order valence-corrected chi connectivity index (χ4v) is 2.55. The van der Waals surface area contributed by atoms with Crippen LogP contribution in [0.15, 0.2) is 29.4 Å². The van der Waals surface area contributed by atoms with Crippen LogP contribution in [-0.4, -0.2) is 25.9 Å². The summed E-state index contributed by atoms with van der Waals surface area (Å²) >= 11 is 0. The molecule has 1 aromatic carbocycles. The van der Waals surface area contributed by atoms with Crippen LogP contribution in [0.1, 0.15) is 11.1 Å². The lowest BCUT2D eigenvalue weighted by Crippen LogP contribution is -2.33. The van der Waals surface area contributed by atoms with Gasteiger partial charge in [0, 0.05) is 20.8 Å². The van der Waals surface area contributed by atoms with Gasteiger partial charge in [-0.1, -0.05) is 29.8 Å². The van der Waals surface area contributed by atoms with Crippen molar-refractivity contribution in [3.63, 3.8) is 0 Å². The molecule has 0 heterocycles. The molecule has 0 spiro atoms. The fraction of sp³-hybridized carbons (Fsp3) is 0.417. The van der Waals surface area contributed by atoms with Gasteiger partial charge in [0.15, 0.2) is 0 Å². The molecule has 0 radical (unpaired) electrons. The highest BCUT2D eigenvalue weighted by Gasteiger charge is 2.41. The van der Waals surface area contributed by atoms with Crippen molar-refractivity contribution in [2.45, 2.75) is 19.3 Å². The number of aryl methyl sites for hydroxylation is 1. The van der Waals surface area contributed by atoms with Gasteiger partial charge in [-0.05, 0) is 17.7 Å². The minimum absolute atomic E-state index is 0.193. The van der Waals surface area contributed by atoms with Crippen molar-refractivity contribution in [2.75, 3.05) is 14.2 Å². The highest BCUT2D eigenvalue weighted by molar-refractivity contribution is 7.55. The third-order valence-corrected chi connectivity index (χ3v) is 4.68. The zero-order chi connectivity index (χ0) is 15.2. The van der Waals surface area contributed by atoms with E-state index in [1.54, 1.807) is 0 Å². The van der Waals surface area contributed by atoms with Gasteiger partial charge in [0.05, 0.1) is 0 Å². The molecule has 1 aromatic rings. The van der Waals surface area contributed by atoms with Crippen LogP contribution >= 0.6 is 7.60 Å². The summed E-state index contributed by atoms with van der Waals surface area (Å²) in [4.78, 5) is 22.6. The maximum Gasteiger partial charge on any atom is 0.367 e. The summed E-state index contributed by atoms with van der Waals surface area (Å²) in [6.07, 6.45) is 0. The second-order valence-electron chi connectivity index (χ2n) is 4.09. The Balaban J connectivity index is 2.71. The molecule has 1 unspecified atom stereocenters. The number of amides is 1. The summed E-state index contributed by atoms with van der Waals surface area (Å²) < 4.78 is 21.2. The maximum atomic E-state index is 12.0.